The first kappa shape index (κ1) is 18.5. The number of carbonyl (C=O) groups is 1. The average Bonchev–Trinajstić information content (AvgIpc) is 2.81. The lowest BCUT2D eigenvalue weighted by Gasteiger charge is -2.12. The second-order valence-electron chi connectivity index (χ2n) is 5.45. The molecule has 0 unspecified atom stereocenters. The second kappa shape index (κ2) is 7.40. The van der Waals surface area contributed by atoms with Gasteiger partial charge in [0.05, 0.1) is 9.80 Å². The second-order valence-corrected chi connectivity index (χ2v) is 8.07. The van der Waals surface area contributed by atoms with Gasteiger partial charge in [-0.25, -0.2) is 0 Å². The van der Waals surface area contributed by atoms with Crippen molar-refractivity contribution in [1.82, 2.24) is 9.80 Å². The number of amides is 1. The molecule has 0 aliphatic carbocycles. The van der Waals surface area contributed by atoms with Gasteiger partial charge in [-0.1, -0.05) is 19.1 Å². The van der Waals surface area contributed by atoms with Gasteiger partial charge in [0.15, 0.2) is 5.17 Å². The maximum atomic E-state index is 12.5. The summed E-state index contributed by atoms with van der Waals surface area (Å²) < 4.78 is 28.9. The van der Waals surface area contributed by atoms with Crippen molar-refractivity contribution in [3.05, 3.63) is 40.9 Å². The Morgan fingerprint density at radius 1 is 1.21 bits per heavy atom. The highest BCUT2D eigenvalue weighted by molar-refractivity contribution is 8.19. The Morgan fingerprint density at radius 2 is 1.83 bits per heavy atom. The van der Waals surface area contributed by atoms with E-state index in [-0.39, 0.29) is 16.0 Å². The molecule has 0 radical (unpaired) electrons. The van der Waals surface area contributed by atoms with Gasteiger partial charge in [-0.3, -0.25) is 9.69 Å². The molecule has 1 heterocycles. The van der Waals surface area contributed by atoms with Crippen molar-refractivity contribution in [3.8, 4) is 0 Å². The molecule has 1 saturated heterocycles. The van der Waals surface area contributed by atoms with Crippen LogP contribution in [0.25, 0.3) is 0 Å². The van der Waals surface area contributed by atoms with Crippen LogP contribution < -0.4 is 0 Å². The molecule has 0 aromatic heterocycles. The van der Waals surface area contributed by atoms with Crippen molar-refractivity contribution in [1.29, 1.82) is 0 Å². The molecule has 0 N–H and O–H groups in total. The fourth-order valence-electron chi connectivity index (χ4n) is 2.13. The van der Waals surface area contributed by atoms with Crippen molar-refractivity contribution < 1.29 is 13.2 Å². The number of likely N-dealkylation sites (N-methyl/N-ethyl adjacent to an activating group) is 1. The van der Waals surface area contributed by atoms with Crippen LogP contribution in [0.15, 0.2) is 44.7 Å². The highest BCUT2D eigenvalue weighted by atomic mass is 32.2. The fraction of sp³-hybridized carbons (Fsp3) is 0.375. The summed E-state index contributed by atoms with van der Waals surface area (Å²) in [6.45, 7) is 4.15. The van der Waals surface area contributed by atoms with Gasteiger partial charge in [-0.05, 0) is 42.8 Å². The Bertz CT molecular complexity index is 781. The minimum atomic E-state index is -3.85. The summed E-state index contributed by atoms with van der Waals surface area (Å²) in [5.74, 6) is -0.230. The number of rotatable bonds is 5. The van der Waals surface area contributed by atoms with Crippen molar-refractivity contribution in [2.75, 3.05) is 20.6 Å². The number of aryl methyl sites for hydroxylation is 1. The Labute approximate surface area is 147 Å². The molecular weight excluding hydrogens is 346 g/mol. The molecule has 130 valence electrons. The number of hydrogen-bond donors (Lipinski definition) is 0. The molecule has 24 heavy (non-hydrogen) atoms. The first-order chi connectivity index (χ1) is 11.3. The minimum absolute atomic E-state index is 0.126. The third-order valence-electron chi connectivity index (χ3n) is 3.41. The van der Waals surface area contributed by atoms with Crippen LogP contribution in [0.3, 0.4) is 0 Å². The summed E-state index contributed by atoms with van der Waals surface area (Å²) >= 11 is 1.08. The zero-order valence-electron chi connectivity index (χ0n) is 14.2. The van der Waals surface area contributed by atoms with Crippen LogP contribution >= 0.6 is 11.8 Å². The molecule has 0 saturated carbocycles. The summed E-state index contributed by atoms with van der Waals surface area (Å²) in [4.78, 5) is 16.0. The predicted molar refractivity (Wildman–Crippen MR) is 97.2 cm³/mol. The summed E-state index contributed by atoms with van der Waals surface area (Å²) in [5.41, 5.74) is 1.05. The van der Waals surface area contributed by atoms with E-state index in [0.717, 1.165) is 23.7 Å². The van der Waals surface area contributed by atoms with E-state index in [9.17, 15) is 13.2 Å². The molecule has 1 fully saturated rings. The maximum absolute atomic E-state index is 12.5. The lowest BCUT2D eigenvalue weighted by Crippen LogP contribution is -2.29. The van der Waals surface area contributed by atoms with Crippen LogP contribution in [0.1, 0.15) is 19.4 Å². The van der Waals surface area contributed by atoms with E-state index in [2.05, 4.69) is 4.40 Å². The summed E-state index contributed by atoms with van der Waals surface area (Å²) in [6.07, 6.45) is 2.50. The summed E-state index contributed by atoms with van der Waals surface area (Å²) in [7, 11) is -0.247. The van der Waals surface area contributed by atoms with Gasteiger partial charge in [0.1, 0.15) is 0 Å². The quantitative estimate of drug-likeness (QED) is 0.747. The number of amidine groups is 1. The fourth-order valence-corrected chi connectivity index (χ4v) is 4.45. The molecule has 0 bridgehead atoms. The lowest BCUT2D eigenvalue weighted by atomic mass is 10.2. The lowest BCUT2D eigenvalue weighted by molar-refractivity contribution is -0.122. The largest absolute Gasteiger partial charge is 0.382 e. The molecule has 1 aliphatic heterocycles. The highest BCUT2D eigenvalue weighted by Gasteiger charge is 2.34. The number of benzene rings is 1. The first-order valence-corrected chi connectivity index (χ1v) is 9.86. The van der Waals surface area contributed by atoms with Crippen LogP contribution in [0, 0.1) is 0 Å². The third kappa shape index (κ3) is 3.99. The van der Waals surface area contributed by atoms with Crippen LogP contribution in [0.2, 0.25) is 0 Å². The first-order valence-electron chi connectivity index (χ1n) is 7.60. The highest BCUT2D eigenvalue weighted by Crippen LogP contribution is 2.32. The van der Waals surface area contributed by atoms with Crippen LogP contribution in [-0.2, 0) is 21.2 Å². The maximum Gasteiger partial charge on any atom is 0.284 e. The molecule has 1 aromatic rings. The number of nitrogens with zero attached hydrogens (tertiary/aromatic N) is 3. The summed E-state index contributed by atoms with van der Waals surface area (Å²) in [6, 6.07) is 6.64. The van der Waals surface area contributed by atoms with E-state index in [4.69, 9.17) is 0 Å². The van der Waals surface area contributed by atoms with Gasteiger partial charge in [0.25, 0.3) is 15.9 Å². The molecule has 6 nitrogen and oxygen atoms in total. The molecule has 1 aromatic carbocycles. The Hall–Kier alpha value is -1.80. The monoisotopic (exact) mass is 367 g/mol. The number of sulfonamides is 1. The van der Waals surface area contributed by atoms with Crippen molar-refractivity contribution in [3.63, 3.8) is 0 Å². The van der Waals surface area contributed by atoms with Crippen LogP contribution in [0.5, 0.6) is 0 Å². The molecular formula is C16H21N3O3S2. The van der Waals surface area contributed by atoms with Crippen molar-refractivity contribution >= 4 is 32.9 Å². The van der Waals surface area contributed by atoms with Gasteiger partial charge in [-0.15, -0.1) is 4.40 Å². The Morgan fingerprint density at radius 3 is 2.33 bits per heavy atom. The van der Waals surface area contributed by atoms with E-state index < -0.39 is 10.0 Å². The van der Waals surface area contributed by atoms with Gasteiger partial charge < -0.3 is 4.90 Å². The van der Waals surface area contributed by atoms with Gasteiger partial charge in [-0.2, -0.15) is 8.42 Å². The molecule has 0 atom stereocenters. The molecule has 0 spiro atoms. The SMILES string of the molecule is CCc1ccc(S(=O)(=O)/N=C2/S/C(=C/N(C)C)C(=O)N2CC)cc1. The van der Waals surface area contributed by atoms with Crippen molar-refractivity contribution in [2.45, 2.75) is 25.2 Å². The van der Waals surface area contributed by atoms with E-state index >= 15 is 0 Å². The van der Waals surface area contributed by atoms with E-state index in [1.54, 1.807) is 56.4 Å². The number of thioether (sulfide) groups is 1. The zero-order valence-corrected chi connectivity index (χ0v) is 15.8. The Balaban J connectivity index is 2.38. The number of carbonyl (C=O) groups excluding carboxylic acids is 1. The standard InChI is InChI=1S/C16H21N3O3S2/c1-5-12-7-9-13(10-8-12)24(21,22)17-16-19(6-2)15(20)14(23-16)11-18(3)4/h7-11H,5-6H2,1-4H3/b14-11+,17-16+. The summed E-state index contributed by atoms with van der Waals surface area (Å²) in [5, 5.41) is 0.190. The zero-order chi connectivity index (χ0) is 17.9. The minimum Gasteiger partial charge on any atom is -0.382 e. The third-order valence-corrected chi connectivity index (χ3v) is 5.80. The normalized spacial score (nSPS) is 18.7. The molecule has 2 rings (SSSR count). The van der Waals surface area contributed by atoms with Gasteiger partial charge >= 0.3 is 0 Å². The van der Waals surface area contributed by atoms with E-state index in [0.29, 0.717) is 11.4 Å². The Kier molecular flexibility index (Phi) is 5.71. The molecule has 1 aliphatic rings. The molecule has 1 amide bonds. The molecule has 8 heteroatoms. The van der Waals surface area contributed by atoms with Crippen molar-refractivity contribution in [2.24, 2.45) is 4.40 Å². The van der Waals surface area contributed by atoms with E-state index in [1.807, 2.05) is 6.92 Å². The van der Waals surface area contributed by atoms with Crippen LogP contribution in [-0.4, -0.2) is 49.9 Å². The topological polar surface area (TPSA) is 70.0 Å². The predicted octanol–water partition coefficient (Wildman–Crippen LogP) is 2.29. The smallest absolute Gasteiger partial charge is 0.284 e. The van der Waals surface area contributed by atoms with E-state index in [1.165, 1.54) is 4.90 Å². The van der Waals surface area contributed by atoms with Gasteiger partial charge in [0.2, 0.25) is 0 Å². The average molecular weight is 367 g/mol. The number of hydrogen-bond acceptors (Lipinski definition) is 5. The van der Waals surface area contributed by atoms with Gasteiger partial charge in [0, 0.05) is 26.8 Å². The van der Waals surface area contributed by atoms with Crippen LogP contribution in [0.4, 0.5) is 0 Å².